The number of rotatable bonds is 5. The molecule has 0 bridgehead atoms. The Morgan fingerprint density at radius 1 is 1.15 bits per heavy atom. The normalized spacial score (nSPS) is 19.2. The molecule has 0 radical (unpaired) electrons. The van der Waals surface area contributed by atoms with Crippen LogP contribution in [0.15, 0.2) is 24.3 Å². The van der Waals surface area contributed by atoms with E-state index in [1.54, 1.807) is 7.11 Å². The van der Waals surface area contributed by atoms with Gasteiger partial charge in [0.05, 0.1) is 7.11 Å². The van der Waals surface area contributed by atoms with Crippen LogP contribution in [0.2, 0.25) is 0 Å². The van der Waals surface area contributed by atoms with Gasteiger partial charge in [-0.15, -0.1) is 0 Å². The van der Waals surface area contributed by atoms with Crippen LogP contribution >= 0.6 is 0 Å². The van der Waals surface area contributed by atoms with Crippen molar-refractivity contribution >= 4 is 0 Å². The number of methoxy groups -OCH3 is 1. The van der Waals surface area contributed by atoms with Crippen LogP contribution < -0.4 is 10.1 Å². The number of hydrogen-bond acceptors (Lipinski definition) is 3. The van der Waals surface area contributed by atoms with Crippen LogP contribution in [0.25, 0.3) is 0 Å². The van der Waals surface area contributed by atoms with E-state index in [4.69, 9.17) is 4.74 Å². The highest BCUT2D eigenvalue weighted by Gasteiger charge is 2.22. The summed E-state index contributed by atoms with van der Waals surface area (Å²) in [4.78, 5) is 2.56. The molecule has 0 spiro atoms. The van der Waals surface area contributed by atoms with Gasteiger partial charge in [0.25, 0.3) is 0 Å². The molecule has 1 atom stereocenters. The molecule has 3 nitrogen and oxygen atoms in total. The van der Waals surface area contributed by atoms with Crippen LogP contribution in [0, 0.1) is 0 Å². The van der Waals surface area contributed by atoms with E-state index < -0.39 is 0 Å². The Morgan fingerprint density at radius 3 is 2.40 bits per heavy atom. The highest BCUT2D eigenvalue weighted by Crippen LogP contribution is 2.26. The molecule has 0 amide bonds. The van der Waals surface area contributed by atoms with Crippen molar-refractivity contribution in [1.29, 1.82) is 0 Å². The molecular formula is C17H28N2O. The standard InChI is InChI=1S/C17H28N2O/c1-13(2)19-11-9-15(10-12-19)18-14(3)16-7-5-6-8-17(16)20-4/h5-8,13-15,18H,9-12H2,1-4H3. The Hall–Kier alpha value is -1.06. The second-order valence-electron chi connectivity index (χ2n) is 6.03. The molecule has 1 heterocycles. The molecule has 1 saturated heterocycles. The Balaban J connectivity index is 1.91. The SMILES string of the molecule is COc1ccccc1C(C)NC1CCN(C(C)C)CC1. The number of para-hydroxylation sites is 1. The number of ether oxygens (including phenoxy) is 1. The molecule has 1 aliphatic rings. The molecule has 1 unspecified atom stereocenters. The third kappa shape index (κ3) is 3.74. The van der Waals surface area contributed by atoms with Crippen molar-refractivity contribution < 1.29 is 4.74 Å². The average molecular weight is 276 g/mol. The van der Waals surface area contributed by atoms with Gasteiger partial charge in [0.2, 0.25) is 0 Å². The van der Waals surface area contributed by atoms with Crippen molar-refractivity contribution in [1.82, 2.24) is 10.2 Å². The molecule has 20 heavy (non-hydrogen) atoms. The summed E-state index contributed by atoms with van der Waals surface area (Å²) < 4.78 is 5.46. The summed E-state index contributed by atoms with van der Waals surface area (Å²) in [6, 6.07) is 9.91. The fourth-order valence-electron chi connectivity index (χ4n) is 3.05. The number of hydrogen-bond donors (Lipinski definition) is 1. The Labute approximate surface area is 123 Å². The molecule has 0 aliphatic carbocycles. The van der Waals surface area contributed by atoms with Gasteiger partial charge in [-0.05, 0) is 52.8 Å². The van der Waals surface area contributed by atoms with Crippen molar-refractivity contribution in [3.05, 3.63) is 29.8 Å². The van der Waals surface area contributed by atoms with Gasteiger partial charge < -0.3 is 15.0 Å². The molecule has 1 aromatic carbocycles. The monoisotopic (exact) mass is 276 g/mol. The van der Waals surface area contributed by atoms with E-state index in [1.165, 1.54) is 31.5 Å². The lowest BCUT2D eigenvalue weighted by molar-refractivity contribution is 0.157. The van der Waals surface area contributed by atoms with Gasteiger partial charge in [-0.1, -0.05) is 18.2 Å². The summed E-state index contributed by atoms with van der Waals surface area (Å²) in [7, 11) is 1.74. The van der Waals surface area contributed by atoms with Gasteiger partial charge in [-0.25, -0.2) is 0 Å². The number of nitrogens with zero attached hydrogens (tertiary/aromatic N) is 1. The topological polar surface area (TPSA) is 24.5 Å². The summed E-state index contributed by atoms with van der Waals surface area (Å²) in [5, 5.41) is 3.76. The lowest BCUT2D eigenvalue weighted by atomic mass is 10.0. The Morgan fingerprint density at radius 2 is 1.80 bits per heavy atom. The maximum Gasteiger partial charge on any atom is 0.123 e. The van der Waals surface area contributed by atoms with E-state index >= 15 is 0 Å². The first-order valence-electron chi connectivity index (χ1n) is 7.74. The van der Waals surface area contributed by atoms with Gasteiger partial charge in [-0.3, -0.25) is 0 Å². The summed E-state index contributed by atoms with van der Waals surface area (Å²) >= 11 is 0. The van der Waals surface area contributed by atoms with Crippen LogP contribution in [0.1, 0.15) is 45.2 Å². The number of likely N-dealkylation sites (tertiary alicyclic amines) is 1. The van der Waals surface area contributed by atoms with Crippen LogP contribution in [0.3, 0.4) is 0 Å². The third-order valence-corrected chi connectivity index (χ3v) is 4.35. The lowest BCUT2D eigenvalue weighted by Gasteiger charge is -2.36. The third-order valence-electron chi connectivity index (χ3n) is 4.35. The van der Waals surface area contributed by atoms with E-state index in [-0.39, 0.29) is 0 Å². The molecule has 0 saturated carbocycles. The van der Waals surface area contributed by atoms with Crippen molar-refractivity contribution in [2.45, 2.75) is 51.7 Å². The summed E-state index contributed by atoms with van der Waals surface area (Å²) in [5.41, 5.74) is 1.25. The first kappa shape index (κ1) is 15.3. The zero-order valence-corrected chi connectivity index (χ0v) is 13.2. The zero-order valence-electron chi connectivity index (χ0n) is 13.2. The van der Waals surface area contributed by atoms with Gasteiger partial charge in [-0.2, -0.15) is 0 Å². The molecule has 112 valence electrons. The highest BCUT2D eigenvalue weighted by molar-refractivity contribution is 5.35. The zero-order chi connectivity index (χ0) is 14.5. The Bertz CT molecular complexity index is 411. The summed E-state index contributed by atoms with van der Waals surface area (Å²) in [6.45, 7) is 9.20. The van der Waals surface area contributed by atoms with Crippen molar-refractivity contribution in [3.63, 3.8) is 0 Å². The molecule has 1 fully saturated rings. The van der Waals surface area contributed by atoms with E-state index in [9.17, 15) is 0 Å². The summed E-state index contributed by atoms with van der Waals surface area (Å²) in [6.07, 6.45) is 2.47. The van der Waals surface area contributed by atoms with Crippen molar-refractivity contribution in [2.75, 3.05) is 20.2 Å². The largest absolute Gasteiger partial charge is 0.496 e. The fourth-order valence-corrected chi connectivity index (χ4v) is 3.05. The maximum atomic E-state index is 5.46. The average Bonchev–Trinajstić information content (AvgIpc) is 2.47. The molecule has 1 aromatic rings. The quantitative estimate of drug-likeness (QED) is 0.893. The number of piperidine rings is 1. The van der Waals surface area contributed by atoms with Crippen LogP contribution in [-0.2, 0) is 0 Å². The Kier molecular flexibility index (Phi) is 5.44. The number of benzene rings is 1. The molecular weight excluding hydrogens is 248 g/mol. The van der Waals surface area contributed by atoms with Gasteiger partial charge in [0.1, 0.15) is 5.75 Å². The van der Waals surface area contributed by atoms with Crippen LogP contribution in [-0.4, -0.2) is 37.2 Å². The number of nitrogens with one attached hydrogen (secondary N) is 1. The maximum absolute atomic E-state index is 5.46. The van der Waals surface area contributed by atoms with E-state index in [0.29, 0.717) is 18.1 Å². The van der Waals surface area contributed by atoms with Gasteiger partial charge >= 0.3 is 0 Å². The summed E-state index contributed by atoms with van der Waals surface area (Å²) in [5.74, 6) is 0.979. The van der Waals surface area contributed by atoms with E-state index in [2.05, 4.69) is 43.1 Å². The first-order chi connectivity index (χ1) is 9.61. The molecule has 0 aromatic heterocycles. The molecule has 1 aliphatic heterocycles. The van der Waals surface area contributed by atoms with Gasteiger partial charge in [0, 0.05) is 23.7 Å². The second kappa shape index (κ2) is 7.09. The van der Waals surface area contributed by atoms with E-state index in [1.807, 2.05) is 12.1 Å². The fraction of sp³-hybridized carbons (Fsp3) is 0.647. The molecule has 2 rings (SSSR count). The smallest absolute Gasteiger partial charge is 0.123 e. The van der Waals surface area contributed by atoms with Crippen molar-refractivity contribution in [3.8, 4) is 5.75 Å². The highest BCUT2D eigenvalue weighted by atomic mass is 16.5. The first-order valence-corrected chi connectivity index (χ1v) is 7.74. The molecule has 1 N–H and O–H groups in total. The van der Waals surface area contributed by atoms with Crippen LogP contribution in [0.4, 0.5) is 0 Å². The minimum absolute atomic E-state index is 0.335. The van der Waals surface area contributed by atoms with Crippen LogP contribution in [0.5, 0.6) is 5.75 Å². The van der Waals surface area contributed by atoms with Gasteiger partial charge in [0.15, 0.2) is 0 Å². The van der Waals surface area contributed by atoms with E-state index in [0.717, 1.165) is 5.75 Å². The minimum atomic E-state index is 0.335. The predicted molar refractivity (Wildman–Crippen MR) is 84.3 cm³/mol. The minimum Gasteiger partial charge on any atom is -0.496 e. The lowest BCUT2D eigenvalue weighted by Crippen LogP contribution is -2.45. The predicted octanol–water partition coefficient (Wildman–Crippen LogP) is 3.22. The second-order valence-corrected chi connectivity index (χ2v) is 6.03. The van der Waals surface area contributed by atoms with Crippen molar-refractivity contribution in [2.24, 2.45) is 0 Å². The molecule has 3 heteroatoms.